The van der Waals surface area contributed by atoms with E-state index in [0.29, 0.717) is 18.7 Å². The van der Waals surface area contributed by atoms with Crippen LogP contribution in [0, 0.1) is 5.92 Å². The van der Waals surface area contributed by atoms with Crippen LogP contribution in [0.25, 0.3) is 16.9 Å². The summed E-state index contributed by atoms with van der Waals surface area (Å²) in [5, 5.41) is 14.0. The van der Waals surface area contributed by atoms with Crippen LogP contribution in [-0.4, -0.2) is 69.3 Å². The van der Waals surface area contributed by atoms with Crippen LogP contribution in [0.2, 0.25) is 0 Å². The smallest absolute Gasteiger partial charge is 0.394 e. The number of benzene rings is 1. The minimum atomic E-state index is -4.56. The number of carbonyl (C=O) groups is 1. The Hall–Kier alpha value is -3.42. The van der Waals surface area contributed by atoms with Gasteiger partial charge in [0.05, 0.1) is 30.4 Å². The number of likely N-dealkylation sites (tertiary alicyclic amines) is 1. The van der Waals surface area contributed by atoms with Gasteiger partial charge in [-0.2, -0.15) is 27.9 Å². The molecule has 3 heterocycles. The molecule has 1 saturated carbocycles. The van der Waals surface area contributed by atoms with Crippen LogP contribution in [0.1, 0.15) is 30.8 Å². The molecule has 2 fully saturated rings. The first kappa shape index (κ1) is 24.3. The number of nitrogen functional groups attached to an aromatic ring is 1. The summed E-state index contributed by atoms with van der Waals surface area (Å²) in [5.74, 6) is -0.343. The van der Waals surface area contributed by atoms with E-state index < -0.39 is 24.8 Å². The largest absolute Gasteiger partial charge is 0.399 e. The molecule has 0 bridgehead atoms. The molecule has 5 rings (SSSR count). The van der Waals surface area contributed by atoms with Gasteiger partial charge in [0, 0.05) is 30.1 Å². The average Bonchev–Trinajstić information content (AvgIpc) is 3.45. The van der Waals surface area contributed by atoms with Crippen LogP contribution in [0.3, 0.4) is 0 Å². The lowest BCUT2D eigenvalue weighted by atomic mass is 10.0. The van der Waals surface area contributed by atoms with E-state index in [1.165, 1.54) is 12.1 Å². The number of hydrogen-bond donors (Lipinski definition) is 3. The Morgan fingerprint density at radius 1 is 1.28 bits per heavy atom. The van der Waals surface area contributed by atoms with E-state index in [1.807, 2.05) is 11.9 Å². The summed E-state index contributed by atoms with van der Waals surface area (Å²) >= 11 is 0. The third-order valence-electron chi connectivity index (χ3n) is 6.36. The van der Waals surface area contributed by atoms with Crippen molar-refractivity contribution in [2.24, 2.45) is 5.92 Å². The number of fused-ring (bicyclic) bond motifs is 1. The highest BCUT2D eigenvalue weighted by Crippen LogP contribution is 2.35. The molecule has 36 heavy (non-hydrogen) atoms. The lowest BCUT2D eigenvalue weighted by Gasteiger charge is -2.33. The molecule has 1 aliphatic heterocycles. The van der Waals surface area contributed by atoms with Gasteiger partial charge in [-0.25, -0.2) is 4.39 Å². The van der Waals surface area contributed by atoms with Gasteiger partial charge < -0.3 is 25.8 Å². The highest BCUT2D eigenvalue weighted by atomic mass is 19.4. The van der Waals surface area contributed by atoms with Crippen molar-refractivity contribution in [3.63, 3.8) is 0 Å². The van der Waals surface area contributed by atoms with Crippen LogP contribution in [0.4, 0.5) is 28.9 Å². The molecule has 3 aromatic rings. The average molecular weight is 510 g/mol. The van der Waals surface area contributed by atoms with E-state index >= 15 is 0 Å². The summed E-state index contributed by atoms with van der Waals surface area (Å²) in [4.78, 5) is 17.9. The molecule has 1 saturated heterocycles. The van der Waals surface area contributed by atoms with Crippen molar-refractivity contribution >= 4 is 28.2 Å². The van der Waals surface area contributed by atoms with E-state index in [-0.39, 0.29) is 59.0 Å². The maximum Gasteiger partial charge on any atom is 0.394 e. The number of halogens is 4. The Morgan fingerprint density at radius 3 is 2.75 bits per heavy atom. The fraction of sp³-hybridized carbons (Fsp3) is 0.545. The van der Waals surface area contributed by atoms with Gasteiger partial charge >= 0.3 is 6.18 Å². The third-order valence-corrected chi connectivity index (χ3v) is 6.36. The molecule has 0 spiro atoms. The molecule has 4 N–H and O–H groups in total. The minimum absolute atomic E-state index is 0.0212. The fourth-order valence-corrected chi connectivity index (χ4v) is 4.37. The normalized spacial score (nSPS) is 21.1. The number of piperidine rings is 1. The molecule has 2 aliphatic rings. The van der Waals surface area contributed by atoms with E-state index in [4.69, 9.17) is 10.3 Å². The van der Waals surface area contributed by atoms with Crippen molar-refractivity contribution in [1.29, 1.82) is 0 Å². The number of nitrogens with two attached hydrogens (primary N) is 1. The molecule has 2 atom stereocenters. The van der Waals surface area contributed by atoms with Crippen molar-refractivity contribution in [2.75, 3.05) is 31.2 Å². The molecule has 194 valence electrons. The van der Waals surface area contributed by atoms with Gasteiger partial charge in [0.1, 0.15) is 11.7 Å². The predicted octanol–water partition coefficient (Wildman–Crippen LogP) is 2.58. The first-order chi connectivity index (χ1) is 17.1. The number of hydrogen-bond acceptors (Lipinski definition) is 8. The number of aromatic nitrogens is 4. The van der Waals surface area contributed by atoms with Gasteiger partial charge in [-0.1, -0.05) is 0 Å². The monoisotopic (exact) mass is 510 g/mol. The number of amides is 1. The van der Waals surface area contributed by atoms with Crippen molar-refractivity contribution in [2.45, 2.75) is 50.6 Å². The zero-order chi connectivity index (χ0) is 25.6. The summed E-state index contributed by atoms with van der Waals surface area (Å²) in [5.41, 5.74) is 6.49. The second-order valence-electron chi connectivity index (χ2n) is 9.41. The van der Waals surface area contributed by atoms with Gasteiger partial charge in [-0.05, 0) is 43.6 Å². The highest BCUT2D eigenvalue weighted by Gasteiger charge is 2.34. The lowest BCUT2D eigenvalue weighted by molar-refractivity contribution is -0.128. The zero-order valence-electron chi connectivity index (χ0n) is 19.5. The van der Waals surface area contributed by atoms with E-state index in [2.05, 4.69) is 25.9 Å². The third kappa shape index (κ3) is 5.22. The summed E-state index contributed by atoms with van der Waals surface area (Å²) in [7, 11) is 1.82. The highest BCUT2D eigenvalue weighted by molar-refractivity contribution is 5.95. The maximum absolute atomic E-state index is 14.7. The van der Waals surface area contributed by atoms with E-state index in [0.717, 1.165) is 17.5 Å². The quantitative estimate of drug-likeness (QED) is 0.327. The van der Waals surface area contributed by atoms with Crippen molar-refractivity contribution in [3.8, 4) is 5.95 Å². The zero-order valence-corrected chi connectivity index (χ0v) is 19.5. The Kier molecular flexibility index (Phi) is 6.22. The summed E-state index contributed by atoms with van der Waals surface area (Å²) in [6, 6.07) is 2.37. The molecule has 1 aromatic carbocycles. The fourth-order valence-electron chi connectivity index (χ4n) is 4.37. The number of carbonyl (C=O) groups excluding carboxylic acids is 1. The van der Waals surface area contributed by atoms with Gasteiger partial charge in [0.2, 0.25) is 11.8 Å². The van der Waals surface area contributed by atoms with E-state index in [1.54, 1.807) is 0 Å². The maximum atomic E-state index is 14.7. The van der Waals surface area contributed by atoms with Crippen LogP contribution in [0.15, 0.2) is 16.7 Å². The first-order valence-electron chi connectivity index (χ1n) is 11.6. The molecule has 1 aliphatic carbocycles. The summed E-state index contributed by atoms with van der Waals surface area (Å²) < 4.78 is 61.4. The Bertz CT molecular complexity index is 1270. The number of anilines is 2. The van der Waals surface area contributed by atoms with Crippen molar-refractivity contribution in [1.82, 2.24) is 30.1 Å². The van der Waals surface area contributed by atoms with Crippen LogP contribution < -0.4 is 16.4 Å². The van der Waals surface area contributed by atoms with Crippen molar-refractivity contribution < 1.29 is 26.9 Å². The molecule has 2 aromatic heterocycles. The molecule has 14 heteroatoms. The van der Waals surface area contributed by atoms with Crippen LogP contribution in [-0.2, 0) is 17.8 Å². The first-order valence-corrected chi connectivity index (χ1v) is 11.6. The van der Waals surface area contributed by atoms with Gasteiger partial charge in [-0.15, -0.1) is 0 Å². The molecule has 0 radical (unpaired) electrons. The SMILES string of the molecule is CN1CC[C@@H](Nc2cc(N)cc3c(CC(F)(F)F)n(-c4noc(CNC(=O)C5CC5)n4)nc23)[C@@H](F)C1. The number of alkyl halides is 4. The molecular formula is C22H26F4N8O2. The number of nitrogens with zero attached hydrogens (tertiary/aromatic N) is 5. The summed E-state index contributed by atoms with van der Waals surface area (Å²) in [6.45, 7) is 0.853. The predicted molar refractivity (Wildman–Crippen MR) is 122 cm³/mol. The summed E-state index contributed by atoms with van der Waals surface area (Å²) in [6.07, 6.45) is -4.92. The number of nitrogens with one attached hydrogen (secondary N) is 2. The van der Waals surface area contributed by atoms with Gasteiger partial charge in [0.15, 0.2) is 0 Å². The molecule has 1 amide bonds. The second kappa shape index (κ2) is 9.22. The standard InChI is InChI=1S/C22H26F4N8O2/c1-33-5-4-15(14(23)10-33)29-16-7-12(27)6-13-17(8-22(24,25)26)34(31-19(13)16)21-30-18(36-32-21)9-28-20(35)11-2-3-11/h6-7,11,14-15,29H,2-5,8-10,27H2,1H3,(H,28,35)/t14-,15+/m0/s1. The second-order valence-corrected chi connectivity index (χ2v) is 9.41. The molecule has 10 nitrogen and oxygen atoms in total. The van der Waals surface area contributed by atoms with Gasteiger partial charge in [0.25, 0.3) is 5.95 Å². The number of rotatable bonds is 7. The van der Waals surface area contributed by atoms with Gasteiger partial charge in [-0.3, -0.25) is 4.79 Å². The Labute approximate surface area is 203 Å². The van der Waals surface area contributed by atoms with E-state index in [9.17, 15) is 22.4 Å². The lowest BCUT2D eigenvalue weighted by Crippen LogP contribution is -2.46. The molecule has 0 unspecified atom stereocenters. The Balaban J connectivity index is 1.50. The van der Waals surface area contributed by atoms with Crippen molar-refractivity contribution in [3.05, 3.63) is 23.7 Å². The Morgan fingerprint density at radius 2 is 2.06 bits per heavy atom. The molecular weight excluding hydrogens is 484 g/mol. The van der Waals surface area contributed by atoms with Crippen LogP contribution in [0.5, 0.6) is 0 Å². The minimum Gasteiger partial charge on any atom is -0.399 e. The van der Waals surface area contributed by atoms with Crippen LogP contribution >= 0.6 is 0 Å². The topological polar surface area (TPSA) is 127 Å².